The summed E-state index contributed by atoms with van der Waals surface area (Å²) >= 11 is 0. The summed E-state index contributed by atoms with van der Waals surface area (Å²) in [5.41, 5.74) is 4.81. The standard InChI is InChI=1S/C10H9N5O4S/c11-8-2-1-7(5-9(8)15(16)17)20(18,19)14-10-6-12-3-4-13-10/h1-6H,11H2,(H,13,14). The third kappa shape index (κ3) is 2.80. The topological polar surface area (TPSA) is 141 Å². The van der Waals surface area contributed by atoms with Gasteiger partial charge >= 0.3 is 0 Å². The van der Waals surface area contributed by atoms with Crippen molar-refractivity contribution in [3.05, 3.63) is 46.9 Å². The Morgan fingerprint density at radius 2 is 2.05 bits per heavy atom. The van der Waals surface area contributed by atoms with Crippen LogP contribution in [0.2, 0.25) is 0 Å². The van der Waals surface area contributed by atoms with Gasteiger partial charge in [-0.25, -0.2) is 13.4 Å². The van der Waals surface area contributed by atoms with Crippen LogP contribution in [-0.2, 0) is 10.0 Å². The molecule has 0 aliphatic rings. The van der Waals surface area contributed by atoms with E-state index >= 15 is 0 Å². The fourth-order valence-electron chi connectivity index (χ4n) is 1.40. The average Bonchev–Trinajstić information content (AvgIpc) is 2.39. The maximum atomic E-state index is 12.0. The van der Waals surface area contributed by atoms with E-state index in [0.29, 0.717) is 0 Å². The predicted molar refractivity (Wildman–Crippen MR) is 70.3 cm³/mol. The lowest BCUT2D eigenvalue weighted by Crippen LogP contribution is -2.14. The van der Waals surface area contributed by atoms with Crippen molar-refractivity contribution in [1.82, 2.24) is 9.97 Å². The molecule has 2 rings (SSSR count). The molecule has 0 saturated carbocycles. The second-order valence-electron chi connectivity index (χ2n) is 3.67. The molecular weight excluding hydrogens is 286 g/mol. The molecule has 10 heteroatoms. The number of aromatic nitrogens is 2. The molecule has 0 unspecified atom stereocenters. The fraction of sp³-hybridized carbons (Fsp3) is 0. The van der Waals surface area contributed by atoms with Gasteiger partial charge in [-0.3, -0.25) is 19.8 Å². The van der Waals surface area contributed by atoms with Gasteiger partial charge in [0.1, 0.15) is 5.69 Å². The summed E-state index contributed by atoms with van der Waals surface area (Å²) in [4.78, 5) is 17.2. The lowest BCUT2D eigenvalue weighted by Gasteiger charge is -2.07. The van der Waals surface area contributed by atoms with Gasteiger partial charge in [-0.05, 0) is 12.1 Å². The molecule has 3 N–H and O–H groups in total. The van der Waals surface area contributed by atoms with Crippen molar-refractivity contribution in [2.45, 2.75) is 4.90 Å². The zero-order chi connectivity index (χ0) is 14.8. The van der Waals surface area contributed by atoms with Gasteiger partial charge in [-0.2, -0.15) is 0 Å². The summed E-state index contributed by atoms with van der Waals surface area (Å²) in [5, 5.41) is 10.7. The van der Waals surface area contributed by atoms with Gasteiger partial charge in [-0.15, -0.1) is 0 Å². The highest BCUT2D eigenvalue weighted by atomic mass is 32.2. The van der Waals surface area contributed by atoms with Gasteiger partial charge in [-0.1, -0.05) is 0 Å². The van der Waals surface area contributed by atoms with E-state index in [0.717, 1.165) is 12.1 Å². The van der Waals surface area contributed by atoms with Crippen molar-refractivity contribution in [2.24, 2.45) is 0 Å². The maximum Gasteiger partial charge on any atom is 0.293 e. The third-order valence-electron chi connectivity index (χ3n) is 2.31. The van der Waals surface area contributed by atoms with Crippen LogP contribution in [0.4, 0.5) is 17.2 Å². The molecule has 104 valence electrons. The number of sulfonamides is 1. The normalized spacial score (nSPS) is 11.0. The zero-order valence-corrected chi connectivity index (χ0v) is 10.7. The quantitative estimate of drug-likeness (QED) is 0.482. The van der Waals surface area contributed by atoms with Gasteiger partial charge in [0, 0.05) is 18.5 Å². The van der Waals surface area contributed by atoms with E-state index in [9.17, 15) is 18.5 Å². The molecule has 0 saturated heterocycles. The van der Waals surface area contributed by atoms with Crippen LogP contribution < -0.4 is 10.5 Å². The van der Waals surface area contributed by atoms with Gasteiger partial charge < -0.3 is 5.73 Å². The Kier molecular flexibility index (Phi) is 3.48. The van der Waals surface area contributed by atoms with Crippen LogP contribution in [0, 0.1) is 10.1 Å². The zero-order valence-electron chi connectivity index (χ0n) is 9.92. The predicted octanol–water partition coefficient (Wildman–Crippen LogP) is 0.768. The number of nitrogens with one attached hydrogen (secondary N) is 1. The number of rotatable bonds is 4. The van der Waals surface area contributed by atoms with Crippen LogP contribution in [0.15, 0.2) is 41.7 Å². The van der Waals surface area contributed by atoms with E-state index in [2.05, 4.69) is 14.7 Å². The minimum atomic E-state index is -4.00. The highest BCUT2D eigenvalue weighted by molar-refractivity contribution is 7.92. The molecule has 1 aromatic heterocycles. The van der Waals surface area contributed by atoms with Crippen molar-refractivity contribution in [3.63, 3.8) is 0 Å². The van der Waals surface area contributed by atoms with E-state index in [1.54, 1.807) is 0 Å². The highest BCUT2D eigenvalue weighted by Gasteiger charge is 2.20. The summed E-state index contributed by atoms with van der Waals surface area (Å²) in [6.45, 7) is 0. The molecule has 20 heavy (non-hydrogen) atoms. The smallest absolute Gasteiger partial charge is 0.293 e. The first-order valence-electron chi connectivity index (χ1n) is 5.23. The molecule has 1 heterocycles. The second kappa shape index (κ2) is 5.09. The molecule has 0 aliphatic carbocycles. The van der Waals surface area contributed by atoms with Crippen LogP contribution in [0.1, 0.15) is 0 Å². The number of nitro groups is 1. The summed E-state index contributed by atoms with van der Waals surface area (Å²) in [5.74, 6) is 0.00646. The Hall–Kier alpha value is -2.75. The van der Waals surface area contributed by atoms with Gasteiger partial charge in [0.05, 0.1) is 16.0 Å². The SMILES string of the molecule is Nc1ccc(S(=O)(=O)Nc2cnccn2)cc1[N+](=O)[O-]. The molecule has 0 aliphatic heterocycles. The molecule has 0 bridgehead atoms. The van der Waals surface area contributed by atoms with Crippen molar-refractivity contribution in [2.75, 3.05) is 10.5 Å². The summed E-state index contributed by atoms with van der Waals surface area (Å²) in [7, 11) is -4.00. The number of benzene rings is 1. The number of anilines is 2. The Balaban J connectivity index is 2.40. The Morgan fingerprint density at radius 3 is 2.65 bits per heavy atom. The molecule has 2 aromatic rings. The van der Waals surface area contributed by atoms with E-state index in [1.165, 1.54) is 24.7 Å². The molecule has 0 amide bonds. The van der Waals surface area contributed by atoms with Crippen molar-refractivity contribution in [3.8, 4) is 0 Å². The number of hydrogen-bond acceptors (Lipinski definition) is 7. The minimum Gasteiger partial charge on any atom is -0.393 e. The molecule has 9 nitrogen and oxygen atoms in total. The van der Waals surface area contributed by atoms with E-state index in [4.69, 9.17) is 5.73 Å². The van der Waals surface area contributed by atoms with Crippen LogP contribution in [0.3, 0.4) is 0 Å². The summed E-state index contributed by atoms with van der Waals surface area (Å²) < 4.78 is 26.2. The third-order valence-corrected chi connectivity index (χ3v) is 3.66. The lowest BCUT2D eigenvalue weighted by molar-refractivity contribution is -0.384. The van der Waals surface area contributed by atoms with E-state index in [-0.39, 0.29) is 16.4 Å². The van der Waals surface area contributed by atoms with E-state index < -0.39 is 20.6 Å². The van der Waals surface area contributed by atoms with Gasteiger partial charge in [0.15, 0.2) is 5.82 Å². The number of nitro benzene ring substituents is 1. The first kappa shape index (κ1) is 13.7. The summed E-state index contributed by atoms with van der Waals surface area (Å²) in [6, 6.07) is 3.21. The van der Waals surface area contributed by atoms with Crippen molar-refractivity contribution in [1.29, 1.82) is 0 Å². The molecule has 0 fully saturated rings. The van der Waals surface area contributed by atoms with Crippen LogP contribution in [-0.4, -0.2) is 23.3 Å². The van der Waals surface area contributed by atoms with Crippen LogP contribution in [0.5, 0.6) is 0 Å². The fourth-order valence-corrected chi connectivity index (χ4v) is 2.41. The first-order valence-corrected chi connectivity index (χ1v) is 6.71. The highest BCUT2D eigenvalue weighted by Crippen LogP contribution is 2.25. The number of hydrogen-bond donors (Lipinski definition) is 2. The average molecular weight is 295 g/mol. The Bertz CT molecular complexity index is 747. The second-order valence-corrected chi connectivity index (χ2v) is 5.36. The Labute approximate surface area is 113 Å². The minimum absolute atomic E-state index is 0.00646. The molecule has 0 radical (unpaired) electrons. The maximum absolute atomic E-state index is 12.0. The van der Waals surface area contributed by atoms with Gasteiger partial charge in [0.25, 0.3) is 15.7 Å². The molecule has 0 spiro atoms. The number of nitrogens with two attached hydrogens (primary N) is 1. The molecule has 1 aromatic carbocycles. The van der Waals surface area contributed by atoms with Gasteiger partial charge in [0.2, 0.25) is 0 Å². The van der Waals surface area contributed by atoms with Crippen molar-refractivity contribution < 1.29 is 13.3 Å². The lowest BCUT2D eigenvalue weighted by atomic mass is 10.3. The first-order chi connectivity index (χ1) is 9.40. The largest absolute Gasteiger partial charge is 0.393 e. The Morgan fingerprint density at radius 1 is 1.30 bits per heavy atom. The molecule has 0 atom stereocenters. The number of nitrogen functional groups attached to an aromatic ring is 1. The van der Waals surface area contributed by atoms with Crippen LogP contribution in [0.25, 0.3) is 0 Å². The van der Waals surface area contributed by atoms with Crippen LogP contribution >= 0.6 is 0 Å². The van der Waals surface area contributed by atoms with Crippen molar-refractivity contribution >= 4 is 27.2 Å². The van der Waals surface area contributed by atoms with E-state index in [1.807, 2.05) is 0 Å². The molecular formula is C10H9N5O4S. The summed E-state index contributed by atoms with van der Waals surface area (Å²) in [6.07, 6.45) is 3.90. The monoisotopic (exact) mass is 295 g/mol. The number of nitrogens with zero attached hydrogens (tertiary/aromatic N) is 3.